The minimum absolute atomic E-state index is 0.218. The predicted molar refractivity (Wildman–Crippen MR) is 106 cm³/mol. The van der Waals surface area contributed by atoms with E-state index in [1.165, 1.54) is 0 Å². The lowest BCUT2D eigenvalue weighted by Crippen LogP contribution is -2.32. The van der Waals surface area contributed by atoms with Crippen LogP contribution in [0.25, 0.3) is 16.4 Å². The topological polar surface area (TPSA) is 72.3 Å². The van der Waals surface area contributed by atoms with Gasteiger partial charge in [0.1, 0.15) is 5.82 Å². The predicted octanol–water partition coefficient (Wildman–Crippen LogP) is 3.44. The molecular weight excluding hydrogens is 355 g/mol. The molecule has 0 amide bonds. The van der Waals surface area contributed by atoms with Crippen LogP contribution in [0.15, 0.2) is 36.4 Å². The molecule has 0 spiro atoms. The van der Waals surface area contributed by atoms with E-state index in [-0.39, 0.29) is 11.5 Å². The number of nitrogens with two attached hydrogens (primary N) is 1. The molecule has 140 valence electrons. The maximum atomic E-state index is 14.0. The molecule has 28 heavy (non-hydrogen) atoms. The van der Waals surface area contributed by atoms with Crippen LogP contribution in [-0.4, -0.2) is 26.4 Å². The van der Waals surface area contributed by atoms with E-state index >= 15 is 0 Å². The number of rotatable bonds is 2. The normalized spacial score (nSPS) is 16.7. The number of benzene rings is 2. The maximum Gasteiger partial charge on any atom is 0.185 e. The van der Waals surface area contributed by atoms with Gasteiger partial charge in [0.15, 0.2) is 17.3 Å². The molecule has 2 aliphatic rings. The second kappa shape index (κ2) is 5.64. The number of hydrogen-bond donors (Lipinski definition) is 1. The summed E-state index contributed by atoms with van der Waals surface area (Å²) < 4.78 is 15.9. The van der Waals surface area contributed by atoms with Gasteiger partial charge >= 0.3 is 0 Å². The Kier molecular flexibility index (Phi) is 3.18. The monoisotopic (exact) mass is 374 g/mol. The highest BCUT2D eigenvalue weighted by molar-refractivity contribution is 6.00. The van der Waals surface area contributed by atoms with Crippen LogP contribution in [0.5, 0.6) is 0 Å². The summed E-state index contributed by atoms with van der Waals surface area (Å²) in [5, 5.41) is 15.9. The molecule has 0 bridgehead atoms. The van der Waals surface area contributed by atoms with Crippen LogP contribution in [0.2, 0.25) is 0 Å². The second-order valence-corrected chi connectivity index (χ2v) is 7.75. The first-order valence-corrected chi connectivity index (χ1v) is 9.65. The highest BCUT2D eigenvalue weighted by Gasteiger charge is 2.31. The average molecular weight is 374 g/mol. The van der Waals surface area contributed by atoms with Crippen LogP contribution in [0, 0.1) is 5.82 Å². The molecule has 2 aromatic heterocycles. The fourth-order valence-corrected chi connectivity index (χ4v) is 4.19. The van der Waals surface area contributed by atoms with Crippen molar-refractivity contribution < 1.29 is 4.39 Å². The fourth-order valence-electron chi connectivity index (χ4n) is 4.19. The van der Waals surface area contributed by atoms with Gasteiger partial charge in [-0.25, -0.2) is 4.39 Å². The van der Waals surface area contributed by atoms with Crippen molar-refractivity contribution in [1.82, 2.24) is 19.8 Å². The van der Waals surface area contributed by atoms with Crippen molar-refractivity contribution in [1.29, 1.82) is 0 Å². The van der Waals surface area contributed by atoms with E-state index in [0.29, 0.717) is 12.5 Å². The number of nitrogens with zero attached hydrogens (tertiary/aromatic N) is 5. The van der Waals surface area contributed by atoms with Crippen molar-refractivity contribution in [2.75, 3.05) is 17.2 Å². The van der Waals surface area contributed by atoms with Crippen LogP contribution in [-0.2, 0) is 13.0 Å². The standard InChI is InChI=1S/C21H19FN6/c22-17-9-14-11-27(8-7-13(14)10-18(17)23)21-16-4-2-1-3-15(16)20-25-24-19(12-5-6-12)28(20)26-21/h1-4,9-10,12H,5-8,11,23H2. The van der Waals surface area contributed by atoms with Gasteiger partial charge in [-0.15, -0.1) is 15.3 Å². The van der Waals surface area contributed by atoms with Crippen LogP contribution < -0.4 is 10.6 Å². The van der Waals surface area contributed by atoms with E-state index in [4.69, 9.17) is 10.8 Å². The van der Waals surface area contributed by atoms with Gasteiger partial charge in [-0.3, -0.25) is 0 Å². The Morgan fingerprint density at radius 2 is 1.86 bits per heavy atom. The maximum absolute atomic E-state index is 14.0. The molecule has 1 fully saturated rings. The van der Waals surface area contributed by atoms with Gasteiger partial charge in [0.05, 0.1) is 5.69 Å². The fraction of sp³-hybridized carbons (Fsp3) is 0.286. The lowest BCUT2D eigenvalue weighted by atomic mass is 9.98. The molecule has 6 nitrogen and oxygen atoms in total. The van der Waals surface area contributed by atoms with Gasteiger partial charge in [-0.2, -0.15) is 4.52 Å². The van der Waals surface area contributed by atoms with Gasteiger partial charge in [0.2, 0.25) is 0 Å². The number of halogens is 1. The average Bonchev–Trinajstić information content (AvgIpc) is 3.46. The number of hydrogen-bond acceptors (Lipinski definition) is 5. The summed E-state index contributed by atoms with van der Waals surface area (Å²) in [6.45, 7) is 1.41. The van der Waals surface area contributed by atoms with E-state index in [2.05, 4.69) is 27.2 Å². The van der Waals surface area contributed by atoms with Crippen LogP contribution in [0.4, 0.5) is 15.9 Å². The van der Waals surface area contributed by atoms with E-state index in [0.717, 1.165) is 65.0 Å². The summed E-state index contributed by atoms with van der Waals surface area (Å²) in [5.41, 5.74) is 8.85. The highest BCUT2D eigenvalue weighted by Crippen LogP contribution is 2.40. The van der Waals surface area contributed by atoms with Gasteiger partial charge in [0, 0.05) is 29.8 Å². The van der Waals surface area contributed by atoms with Crippen molar-refractivity contribution in [2.45, 2.75) is 31.7 Å². The molecular formula is C21H19FN6. The Hall–Kier alpha value is -3.22. The molecule has 0 radical (unpaired) electrons. The van der Waals surface area contributed by atoms with E-state index < -0.39 is 0 Å². The first-order chi connectivity index (χ1) is 13.7. The number of anilines is 2. The van der Waals surface area contributed by atoms with E-state index in [1.54, 1.807) is 12.1 Å². The number of fused-ring (bicyclic) bond motifs is 4. The SMILES string of the molecule is Nc1cc2c(cc1F)CN(c1nn3c(C4CC4)nnc3c3ccccc13)CC2. The van der Waals surface area contributed by atoms with E-state index in [9.17, 15) is 4.39 Å². The first kappa shape index (κ1) is 15.8. The lowest BCUT2D eigenvalue weighted by molar-refractivity contribution is 0.622. The molecule has 0 saturated heterocycles. The summed E-state index contributed by atoms with van der Waals surface area (Å²) >= 11 is 0. The largest absolute Gasteiger partial charge is 0.396 e. The van der Waals surface area contributed by atoms with Crippen LogP contribution in [0.3, 0.4) is 0 Å². The van der Waals surface area contributed by atoms with E-state index in [1.807, 2.05) is 16.6 Å². The molecule has 4 aromatic rings. The molecule has 1 aliphatic carbocycles. The van der Waals surface area contributed by atoms with Gasteiger partial charge in [0.25, 0.3) is 0 Å². The molecule has 6 rings (SSSR count). The van der Waals surface area contributed by atoms with Crippen molar-refractivity contribution in [3.63, 3.8) is 0 Å². The third-order valence-corrected chi connectivity index (χ3v) is 5.84. The molecule has 0 unspecified atom stereocenters. The highest BCUT2D eigenvalue weighted by atomic mass is 19.1. The van der Waals surface area contributed by atoms with Crippen molar-refractivity contribution in [3.05, 3.63) is 59.2 Å². The summed E-state index contributed by atoms with van der Waals surface area (Å²) in [6.07, 6.45) is 3.09. The molecule has 7 heteroatoms. The van der Waals surface area contributed by atoms with Crippen molar-refractivity contribution in [3.8, 4) is 0 Å². The molecule has 2 aromatic carbocycles. The van der Waals surface area contributed by atoms with Gasteiger partial charge in [-0.1, -0.05) is 24.3 Å². The third-order valence-electron chi connectivity index (χ3n) is 5.84. The molecule has 1 saturated carbocycles. The Balaban J connectivity index is 1.53. The molecule has 3 heterocycles. The van der Waals surface area contributed by atoms with Gasteiger partial charge < -0.3 is 10.6 Å². The quantitative estimate of drug-likeness (QED) is 0.544. The zero-order valence-electron chi connectivity index (χ0n) is 15.3. The summed E-state index contributed by atoms with van der Waals surface area (Å²) in [4.78, 5) is 2.22. The van der Waals surface area contributed by atoms with Crippen LogP contribution >= 0.6 is 0 Å². The zero-order chi connectivity index (χ0) is 18.8. The molecule has 2 N–H and O–H groups in total. The lowest BCUT2D eigenvalue weighted by Gasteiger charge is -2.30. The number of nitrogen functional groups attached to an aromatic ring is 1. The summed E-state index contributed by atoms with van der Waals surface area (Å²) in [7, 11) is 0. The van der Waals surface area contributed by atoms with Crippen molar-refractivity contribution in [2.24, 2.45) is 0 Å². The Morgan fingerprint density at radius 3 is 2.68 bits per heavy atom. The third kappa shape index (κ3) is 2.28. The summed E-state index contributed by atoms with van der Waals surface area (Å²) in [6, 6.07) is 11.5. The minimum atomic E-state index is -0.358. The Labute approximate surface area is 160 Å². The molecule has 0 atom stereocenters. The molecule has 1 aliphatic heterocycles. The smallest absolute Gasteiger partial charge is 0.185 e. The summed E-state index contributed by atoms with van der Waals surface area (Å²) in [5.74, 6) is 1.94. The van der Waals surface area contributed by atoms with Gasteiger partial charge in [-0.05, 0) is 42.5 Å². The second-order valence-electron chi connectivity index (χ2n) is 7.75. The minimum Gasteiger partial charge on any atom is -0.396 e. The first-order valence-electron chi connectivity index (χ1n) is 9.65. The number of aromatic nitrogens is 4. The van der Waals surface area contributed by atoms with Crippen molar-refractivity contribution >= 4 is 27.9 Å². The Bertz CT molecular complexity index is 1240. The Morgan fingerprint density at radius 1 is 1.04 bits per heavy atom. The van der Waals surface area contributed by atoms with Crippen LogP contribution in [0.1, 0.15) is 35.7 Å². The zero-order valence-corrected chi connectivity index (χ0v) is 15.3.